The first kappa shape index (κ1) is 15.6. The number of benzene rings is 2. The van der Waals surface area contributed by atoms with Crippen molar-refractivity contribution in [1.82, 2.24) is 4.72 Å². The summed E-state index contributed by atoms with van der Waals surface area (Å²) >= 11 is 0. The summed E-state index contributed by atoms with van der Waals surface area (Å²) in [5.41, 5.74) is 0. The van der Waals surface area contributed by atoms with Crippen molar-refractivity contribution in [3.05, 3.63) is 48.5 Å². The zero-order valence-electron chi connectivity index (χ0n) is 12.4. The van der Waals surface area contributed by atoms with Crippen LogP contribution in [0.4, 0.5) is 0 Å². The minimum atomic E-state index is -3.61. The summed E-state index contributed by atoms with van der Waals surface area (Å²) in [5.74, 6) is 1.70. The van der Waals surface area contributed by atoms with Crippen LogP contribution in [0, 0.1) is 0 Å². The van der Waals surface area contributed by atoms with Crippen molar-refractivity contribution in [2.75, 3.05) is 26.4 Å². The second-order valence-corrected chi connectivity index (χ2v) is 6.63. The third kappa shape index (κ3) is 3.94. The molecule has 122 valence electrons. The monoisotopic (exact) mass is 335 g/mol. The molecule has 0 bridgehead atoms. The van der Waals surface area contributed by atoms with E-state index < -0.39 is 10.0 Å². The maximum absolute atomic E-state index is 12.3. The normalized spacial score (nSPS) is 13.6. The molecule has 2 aromatic rings. The molecule has 2 aromatic carbocycles. The van der Waals surface area contributed by atoms with Gasteiger partial charge in [-0.1, -0.05) is 18.2 Å². The number of nitrogens with one attached hydrogen (secondary N) is 1. The highest BCUT2D eigenvalue weighted by Gasteiger charge is 2.18. The number of hydrogen-bond donors (Lipinski definition) is 1. The van der Waals surface area contributed by atoms with Crippen LogP contribution in [0.1, 0.15) is 0 Å². The van der Waals surface area contributed by atoms with Crippen LogP contribution in [0.3, 0.4) is 0 Å². The van der Waals surface area contributed by atoms with Crippen LogP contribution < -0.4 is 18.9 Å². The summed E-state index contributed by atoms with van der Waals surface area (Å²) in [6.07, 6.45) is 0. The number of hydrogen-bond acceptors (Lipinski definition) is 5. The number of fused-ring (bicyclic) bond motifs is 1. The van der Waals surface area contributed by atoms with E-state index in [9.17, 15) is 8.42 Å². The Morgan fingerprint density at radius 2 is 1.74 bits per heavy atom. The van der Waals surface area contributed by atoms with E-state index in [1.165, 1.54) is 12.1 Å². The van der Waals surface area contributed by atoms with E-state index in [1.807, 2.05) is 30.3 Å². The first-order valence-corrected chi connectivity index (χ1v) is 8.71. The largest absolute Gasteiger partial charge is 0.492 e. The molecule has 6 nitrogen and oxygen atoms in total. The van der Waals surface area contributed by atoms with Crippen LogP contribution in [0.5, 0.6) is 17.2 Å². The maximum Gasteiger partial charge on any atom is 0.240 e. The zero-order chi connectivity index (χ0) is 16.1. The van der Waals surface area contributed by atoms with Crippen LogP contribution in [0.25, 0.3) is 0 Å². The lowest BCUT2D eigenvalue weighted by atomic mass is 10.3. The molecule has 7 heteroatoms. The fraction of sp³-hybridized carbons (Fsp3) is 0.250. The molecular weight excluding hydrogens is 318 g/mol. The van der Waals surface area contributed by atoms with E-state index in [-0.39, 0.29) is 18.0 Å². The van der Waals surface area contributed by atoms with Crippen molar-refractivity contribution in [1.29, 1.82) is 0 Å². The average Bonchev–Trinajstić information content (AvgIpc) is 2.59. The van der Waals surface area contributed by atoms with Gasteiger partial charge in [0.2, 0.25) is 10.0 Å². The molecule has 0 radical (unpaired) electrons. The average molecular weight is 335 g/mol. The minimum absolute atomic E-state index is 0.140. The zero-order valence-corrected chi connectivity index (χ0v) is 13.2. The highest BCUT2D eigenvalue weighted by Crippen LogP contribution is 2.32. The van der Waals surface area contributed by atoms with Crippen molar-refractivity contribution in [2.24, 2.45) is 0 Å². The van der Waals surface area contributed by atoms with Crippen molar-refractivity contribution in [3.8, 4) is 17.2 Å². The molecule has 0 aliphatic carbocycles. The number of sulfonamides is 1. The van der Waals surface area contributed by atoms with Gasteiger partial charge in [0.25, 0.3) is 0 Å². The fourth-order valence-corrected chi connectivity index (χ4v) is 3.16. The summed E-state index contributed by atoms with van der Waals surface area (Å²) in [4.78, 5) is 0.140. The van der Waals surface area contributed by atoms with Gasteiger partial charge in [-0.2, -0.15) is 0 Å². The Bertz CT molecular complexity index is 761. The molecule has 1 aliphatic rings. The van der Waals surface area contributed by atoms with Gasteiger partial charge in [-0.05, 0) is 24.3 Å². The minimum Gasteiger partial charge on any atom is -0.492 e. The third-order valence-electron chi connectivity index (χ3n) is 3.23. The Kier molecular flexibility index (Phi) is 4.68. The Hall–Kier alpha value is -2.25. The Morgan fingerprint density at radius 1 is 1.00 bits per heavy atom. The molecule has 1 heterocycles. The molecule has 0 fully saturated rings. The molecule has 1 aliphatic heterocycles. The van der Waals surface area contributed by atoms with Gasteiger partial charge in [-0.3, -0.25) is 0 Å². The molecule has 1 N–H and O–H groups in total. The second-order valence-electron chi connectivity index (χ2n) is 4.86. The quantitative estimate of drug-likeness (QED) is 0.815. The topological polar surface area (TPSA) is 73.9 Å². The van der Waals surface area contributed by atoms with Crippen LogP contribution in [-0.2, 0) is 10.0 Å². The molecule has 0 atom stereocenters. The fourth-order valence-electron chi connectivity index (χ4n) is 2.14. The first-order chi connectivity index (χ1) is 11.1. The van der Waals surface area contributed by atoms with Crippen molar-refractivity contribution in [2.45, 2.75) is 4.90 Å². The van der Waals surface area contributed by atoms with Crippen LogP contribution in [0.15, 0.2) is 53.4 Å². The smallest absolute Gasteiger partial charge is 0.240 e. The van der Waals surface area contributed by atoms with E-state index >= 15 is 0 Å². The molecule has 0 saturated carbocycles. The van der Waals surface area contributed by atoms with Crippen LogP contribution >= 0.6 is 0 Å². The summed E-state index contributed by atoms with van der Waals surface area (Å²) in [7, 11) is -3.61. The Labute approximate surface area is 135 Å². The lowest BCUT2D eigenvalue weighted by Crippen LogP contribution is -2.28. The van der Waals surface area contributed by atoms with Gasteiger partial charge in [-0.25, -0.2) is 13.1 Å². The number of ether oxygens (including phenoxy) is 3. The van der Waals surface area contributed by atoms with E-state index in [4.69, 9.17) is 14.2 Å². The molecule has 0 unspecified atom stereocenters. The summed E-state index contributed by atoms with van der Waals surface area (Å²) in [5, 5.41) is 0. The highest BCUT2D eigenvalue weighted by atomic mass is 32.2. The standard InChI is InChI=1S/C16H17NO5S/c18-23(19,17-8-9-20-13-4-2-1-3-5-13)14-6-7-15-16(12-14)22-11-10-21-15/h1-7,12,17H,8-11H2. The molecule has 23 heavy (non-hydrogen) atoms. The Balaban J connectivity index is 1.58. The van der Waals surface area contributed by atoms with Crippen LogP contribution in [-0.4, -0.2) is 34.8 Å². The number of para-hydroxylation sites is 1. The van der Waals surface area contributed by atoms with Gasteiger partial charge in [0.1, 0.15) is 25.6 Å². The predicted molar refractivity (Wildman–Crippen MR) is 84.6 cm³/mol. The van der Waals surface area contributed by atoms with Gasteiger partial charge >= 0.3 is 0 Å². The van der Waals surface area contributed by atoms with E-state index in [0.717, 1.165) is 0 Å². The van der Waals surface area contributed by atoms with Crippen molar-refractivity contribution in [3.63, 3.8) is 0 Å². The molecular formula is C16H17NO5S. The van der Waals surface area contributed by atoms with Crippen LogP contribution in [0.2, 0.25) is 0 Å². The maximum atomic E-state index is 12.3. The molecule has 0 saturated heterocycles. The lowest BCUT2D eigenvalue weighted by Gasteiger charge is -2.18. The molecule has 3 rings (SSSR count). The summed E-state index contributed by atoms with van der Waals surface area (Å²) in [6, 6.07) is 13.8. The summed E-state index contributed by atoms with van der Waals surface area (Å²) in [6.45, 7) is 1.29. The van der Waals surface area contributed by atoms with Gasteiger partial charge in [0, 0.05) is 12.6 Å². The molecule has 0 spiro atoms. The third-order valence-corrected chi connectivity index (χ3v) is 4.69. The molecule has 0 amide bonds. The predicted octanol–water partition coefficient (Wildman–Crippen LogP) is 1.82. The highest BCUT2D eigenvalue weighted by molar-refractivity contribution is 7.89. The van der Waals surface area contributed by atoms with Crippen molar-refractivity contribution < 1.29 is 22.6 Å². The van der Waals surface area contributed by atoms with E-state index in [2.05, 4.69) is 4.72 Å². The molecule has 0 aromatic heterocycles. The van der Waals surface area contributed by atoms with Gasteiger partial charge < -0.3 is 14.2 Å². The van der Waals surface area contributed by atoms with Gasteiger partial charge in [-0.15, -0.1) is 0 Å². The Morgan fingerprint density at radius 3 is 2.52 bits per heavy atom. The van der Waals surface area contributed by atoms with E-state index in [0.29, 0.717) is 30.5 Å². The van der Waals surface area contributed by atoms with Crippen molar-refractivity contribution >= 4 is 10.0 Å². The second kappa shape index (κ2) is 6.89. The SMILES string of the molecule is O=S(=O)(NCCOc1ccccc1)c1ccc2c(c1)OCCO2. The number of rotatable bonds is 6. The van der Waals surface area contributed by atoms with E-state index in [1.54, 1.807) is 6.07 Å². The summed E-state index contributed by atoms with van der Waals surface area (Å²) < 4.78 is 43.3. The lowest BCUT2D eigenvalue weighted by molar-refractivity contribution is 0.171. The van der Waals surface area contributed by atoms with Gasteiger partial charge in [0.05, 0.1) is 4.90 Å². The first-order valence-electron chi connectivity index (χ1n) is 7.22. The van der Waals surface area contributed by atoms with Gasteiger partial charge in [0.15, 0.2) is 11.5 Å².